The van der Waals surface area contributed by atoms with E-state index in [0.717, 1.165) is 0 Å². The number of hydrogen-bond donors (Lipinski definition) is 3. The molecule has 0 spiro atoms. The molecule has 0 aliphatic rings. The molecule has 1 amide bonds. The predicted octanol–water partition coefficient (Wildman–Crippen LogP) is 1.15. The molecular weight excluding hydrogens is 234 g/mol. The summed E-state index contributed by atoms with van der Waals surface area (Å²) in [6, 6.07) is 4.04. The summed E-state index contributed by atoms with van der Waals surface area (Å²) in [6.07, 6.45) is 2.57. The van der Waals surface area contributed by atoms with Crippen molar-refractivity contribution in [3.05, 3.63) is 35.5 Å². The van der Waals surface area contributed by atoms with Gasteiger partial charge in [0.2, 0.25) is 0 Å². The number of benzene rings is 1. The first kappa shape index (κ1) is 13.4. The van der Waals surface area contributed by atoms with Crippen LogP contribution in [-0.2, 0) is 4.79 Å². The third-order valence-electron chi connectivity index (χ3n) is 2.03. The fraction of sp³-hybridized carbons (Fsp3) is 0.0833. The van der Waals surface area contributed by atoms with Gasteiger partial charge in [-0.15, -0.1) is 0 Å². The Hall–Kier alpha value is -2.63. The molecule has 3 N–H and O–H groups in total. The average molecular weight is 247 g/mol. The lowest BCUT2D eigenvalue weighted by Gasteiger charge is -2.00. The van der Waals surface area contributed by atoms with Crippen LogP contribution in [-0.4, -0.2) is 29.1 Å². The van der Waals surface area contributed by atoms with Crippen LogP contribution in [0.3, 0.4) is 0 Å². The zero-order valence-corrected chi connectivity index (χ0v) is 9.79. The quantitative estimate of drug-likeness (QED) is 0.423. The van der Waals surface area contributed by atoms with E-state index in [4.69, 9.17) is 5.11 Å². The smallest absolute Gasteiger partial charge is 0.268 e. The highest BCUT2D eigenvalue weighted by molar-refractivity contribution is 5.93. The first-order valence-electron chi connectivity index (χ1n) is 5.02. The van der Waals surface area contributed by atoms with Crippen LogP contribution in [0, 0.1) is 0 Å². The molecule has 6 heteroatoms. The van der Waals surface area contributed by atoms with Gasteiger partial charge in [0.25, 0.3) is 5.91 Å². The maximum absolute atomic E-state index is 11.4. The van der Waals surface area contributed by atoms with Crippen molar-refractivity contribution in [1.82, 2.24) is 5.43 Å². The molecule has 0 atom stereocenters. The minimum Gasteiger partial charge on any atom is -0.508 e. The summed E-state index contributed by atoms with van der Waals surface area (Å²) in [7, 11) is 0. The van der Waals surface area contributed by atoms with E-state index >= 15 is 0 Å². The Labute approximate surface area is 104 Å². The first-order chi connectivity index (χ1) is 8.54. The number of aromatic hydroxyl groups is 2. The lowest BCUT2D eigenvalue weighted by molar-refractivity contribution is -0.117. The number of carbonyl (C=O) groups excluding carboxylic acids is 1. The Kier molecular flexibility index (Phi) is 4.62. The van der Waals surface area contributed by atoms with E-state index in [9.17, 15) is 9.90 Å². The van der Waals surface area contributed by atoms with Gasteiger partial charge >= 0.3 is 0 Å². The summed E-state index contributed by atoms with van der Waals surface area (Å²) in [4.78, 5) is 14.8. The number of aliphatic imine (C=N–C) groups is 1. The van der Waals surface area contributed by atoms with Gasteiger partial charge in [-0.1, -0.05) is 0 Å². The second-order valence-electron chi connectivity index (χ2n) is 3.44. The van der Waals surface area contributed by atoms with Crippen molar-refractivity contribution in [1.29, 1.82) is 0 Å². The van der Waals surface area contributed by atoms with Crippen LogP contribution >= 0.6 is 0 Å². The predicted molar refractivity (Wildman–Crippen MR) is 68.8 cm³/mol. The summed E-state index contributed by atoms with van der Waals surface area (Å²) in [5.74, 6) is -0.602. The van der Waals surface area contributed by atoms with E-state index in [0.29, 0.717) is 11.1 Å². The van der Waals surface area contributed by atoms with Crippen molar-refractivity contribution in [3.63, 3.8) is 0 Å². The van der Waals surface area contributed by atoms with E-state index in [2.05, 4.69) is 22.2 Å². The van der Waals surface area contributed by atoms with Crippen LogP contribution in [0.5, 0.6) is 11.5 Å². The fourth-order valence-corrected chi connectivity index (χ4v) is 1.09. The molecule has 1 rings (SSSR count). The molecule has 6 nitrogen and oxygen atoms in total. The normalized spacial score (nSPS) is 11.5. The Morgan fingerprint density at radius 1 is 1.44 bits per heavy atom. The number of nitrogens with one attached hydrogen (secondary N) is 1. The number of phenols is 2. The van der Waals surface area contributed by atoms with E-state index < -0.39 is 5.91 Å². The van der Waals surface area contributed by atoms with Crippen molar-refractivity contribution >= 4 is 18.8 Å². The summed E-state index contributed by atoms with van der Waals surface area (Å²) in [5.41, 5.74) is 2.99. The van der Waals surface area contributed by atoms with Gasteiger partial charge in [-0.05, 0) is 25.8 Å². The molecule has 0 saturated heterocycles. The summed E-state index contributed by atoms with van der Waals surface area (Å²) in [5, 5.41) is 22.2. The van der Waals surface area contributed by atoms with Gasteiger partial charge < -0.3 is 10.2 Å². The van der Waals surface area contributed by atoms with Crippen LogP contribution in [0.4, 0.5) is 0 Å². The van der Waals surface area contributed by atoms with Crippen LogP contribution in [0.2, 0.25) is 0 Å². The molecule has 0 fully saturated rings. The third kappa shape index (κ3) is 3.75. The number of hydrazone groups is 1. The van der Waals surface area contributed by atoms with Crippen molar-refractivity contribution in [3.8, 4) is 11.5 Å². The second-order valence-corrected chi connectivity index (χ2v) is 3.44. The Balaban J connectivity index is 2.68. The second kappa shape index (κ2) is 6.19. The number of hydrogen-bond acceptors (Lipinski definition) is 5. The van der Waals surface area contributed by atoms with Crippen LogP contribution < -0.4 is 5.43 Å². The zero-order valence-electron chi connectivity index (χ0n) is 9.79. The fourth-order valence-electron chi connectivity index (χ4n) is 1.09. The van der Waals surface area contributed by atoms with Gasteiger partial charge in [-0.25, -0.2) is 5.43 Å². The third-order valence-corrected chi connectivity index (χ3v) is 2.03. The Morgan fingerprint density at radius 3 is 2.78 bits per heavy atom. The maximum atomic E-state index is 11.4. The number of rotatable bonds is 4. The Morgan fingerprint density at radius 2 is 2.17 bits per heavy atom. The molecule has 0 bridgehead atoms. The standard InChI is InChI=1S/C12H13N3O3/c1-8(6-13-2)12(18)15-14-7-9-3-4-10(16)5-11(9)17/h3-7,16-17H,2H2,1H3,(H,15,18). The topological polar surface area (TPSA) is 94.3 Å². The minimum atomic E-state index is -0.420. The van der Waals surface area contributed by atoms with Gasteiger partial charge in [0.05, 0.1) is 6.21 Å². The molecule has 94 valence electrons. The largest absolute Gasteiger partial charge is 0.508 e. The van der Waals surface area contributed by atoms with Crippen LogP contribution in [0.15, 0.2) is 40.1 Å². The highest BCUT2D eigenvalue weighted by atomic mass is 16.3. The van der Waals surface area contributed by atoms with Crippen molar-refractivity contribution in [2.24, 2.45) is 10.1 Å². The van der Waals surface area contributed by atoms with E-state index in [-0.39, 0.29) is 11.5 Å². The molecule has 0 heterocycles. The Bertz CT molecular complexity index is 521. The monoisotopic (exact) mass is 247 g/mol. The molecule has 0 aliphatic heterocycles. The molecule has 18 heavy (non-hydrogen) atoms. The molecule has 0 saturated carbocycles. The van der Waals surface area contributed by atoms with Gasteiger partial charge in [0.15, 0.2) is 0 Å². The minimum absolute atomic E-state index is 0.0514. The van der Waals surface area contributed by atoms with Crippen molar-refractivity contribution < 1.29 is 15.0 Å². The average Bonchev–Trinajstić information content (AvgIpc) is 2.32. The zero-order chi connectivity index (χ0) is 13.5. The highest BCUT2D eigenvalue weighted by Gasteiger charge is 2.02. The van der Waals surface area contributed by atoms with Crippen LogP contribution in [0.1, 0.15) is 12.5 Å². The summed E-state index contributed by atoms with van der Waals surface area (Å²) < 4.78 is 0. The number of amides is 1. The lowest BCUT2D eigenvalue weighted by atomic mass is 10.2. The van der Waals surface area contributed by atoms with E-state index in [1.54, 1.807) is 6.92 Å². The molecule has 0 radical (unpaired) electrons. The van der Waals surface area contributed by atoms with Gasteiger partial charge in [0.1, 0.15) is 11.5 Å². The van der Waals surface area contributed by atoms with E-state index in [1.165, 1.54) is 30.6 Å². The molecule has 1 aromatic rings. The van der Waals surface area contributed by atoms with Gasteiger partial charge in [-0.2, -0.15) is 5.10 Å². The molecular formula is C12H13N3O3. The van der Waals surface area contributed by atoms with Gasteiger partial charge in [-0.3, -0.25) is 9.79 Å². The van der Waals surface area contributed by atoms with Crippen molar-refractivity contribution in [2.45, 2.75) is 6.92 Å². The van der Waals surface area contributed by atoms with Crippen molar-refractivity contribution in [2.75, 3.05) is 0 Å². The molecule has 0 aromatic heterocycles. The maximum Gasteiger partial charge on any atom is 0.268 e. The van der Waals surface area contributed by atoms with E-state index in [1.807, 2.05) is 0 Å². The summed E-state index contributed by atoms with van der Waals surface area (Å²) in [6.45, 7) is 4.80. The summed E-state index contributed by atoms with van der Waals surface area (Å²) >= 11 is 0. The number of nitrogens with zero attached hydrogens (tertiary/aromatic N) is 2. The lowest BCUT2D eigenvalue weighted by Crippen LogP contribution is -2.18. The number of phenolic OH excluding ortho intramolecular Hbond substituents is 2. The molecule has 0 aliphatic carbocycles. The number of carbonyl (C=O) groups is 1. The van der Waals surface area contributed by atoms with Crippen LogP contribution in [0.25, 0.3) is 0 Å². The molecule has 0 unspecified atom stereocenters. The first-order valence-corrected chi connectivity index (χ1v) is 5.02. The molecule has 1 aromatic carbocycles. The highest BCUT2D eigenvalue weighted by Crippen LogP contribution is 2.20. The van der Waals surface area contributed by atoms with Gasteiger partial charge in [0, 0.05) is 23.4 Å². The SMILES string of the molecule is C=NC=C(C)C(=O)NN=Cc1ccc(O)cc1O.